The van der Waals surface area contributed by atoms with Crippen LogP contribution in [0.2, 0.25) is 5.02 Å². The number of carbonyl (C=O) groups is 1. The van der Waals surface area contributed by atoms with Crippen molar-refractivity contribution in [3.63, 3.8) is 0 Å². The van der Waals surface area contributed by atoms with Crippen molar-refractivity contribution in [3.05, 3.63) is 34.6 Å². The number of hydrogen-bond donors (Lipinski definition) is 1. The Bertz CT molecular complexity index is 495. The molecule has 0 aromatic heterocycles. The third-order valence-electron chi connectivity index (χ3n) is 4.15. The molecule has 0 heterocycles. The molecule has 1 saturated carbocycles. The van der Waals surface area contributed by atoms with Crippen molar-refractivity contribution in [3.8, 4) is 0 Å². The van der Waals surface area contributed by atoms with Gasteiger partial charge in [0.05, 0.1) is 5.56 Å². The van der Waals surface area contributed by atoms with E-state index in [1.54, 1.807) is 11.9 Å². The summed E-state index contributed by atoms with van der Waals surface area (Å²) in [5, 5.41) is 0.291. The summed E-state index contributed by atoms with van der Waals surface area (Å²) >= 11 is 5.71. The Kier molecular flexibility index (Phi) is 5.00. The van der Waals surface area contributed by atoms with Crippen LogP contribution < -0.4 is 5.73 Å². The highest BCUT2D eigenvalue weighted by Crippen LogP contribution is 2.28. The normalized spacial score (nSPS) is 22.6. The molecule has 0 spiro atoms. The Morgan fingerprint density at radius 2 is 2.15 bits per heavy atom. The topological polar surface area (TPSA) is 46.3 Å². The van der Waals surface area contributed by atoms with Gasteiger partial charge in [-0.05, 0) is 43.5 Å². The summed E-state index contributed by atoms with van der Waals surface area (Å²) in [6.45, 7) is 0.561. The van der Waals surface area contributed by atoms with Gasteiger partial charge in [0.25, 0.3) is 5.91 Å². The van der Waals surface area contributed by atoms with Crippen LogP contribution in [-0.4, -0.2) is 30.4 Å². The highest BCUT2D eigenvalue weighted by atomic mass is 35.5. The lowest BCUT2D eigenvalue weighted by molar-refractivity contribution is 0.0616. The van der Waals surface area contributed by atoms with Crippen LogP contribution >= 0.6 is 11.6 Å². The third kappa shape index (κ3) is 3.13. The van der Waals surface area contributed by atoms with Gasteiger partial charge in [0.1, 0.15) is 5.82 Å². The van der Waals surface area contributed by atoms with E-state index in [9.17, 15) is 9.18 Å². The van der Waals surface area contributed by atoms with E-state index >= 15 is 0 Å². The fraction of sp³-hybridized carbons (Fsp3) is 0.533. The third-order valence-corrected chi connectivity index (χ3v) is 4.39. The summed E-state index contributed by atoms with van der Waals surface area (Å²) < 4.78 is 13.9. The largest absolute Gasteiger partial charge is 0.338 e. The minimum Gasteiger partial charge on any atom is -0.338 e. The summed E-state index contributed by atoms with van der Waals surface area (Å²) in [4.78, 5) is 14.1. The molecule has 0 radical (unpaired) electrons. The van der Waals surface area contributed by atoms with E-state index in [-0.39, 0.29) is 17.5 Å². The lowest BCUT2D eigenvalue weighted by Gasteiger charge is -2.37. The van der Waals surface area contributed by atoms with Crippen molar-refractivity contribution >= 4 is 17.5 Å². The number of amides is 1. The summed E-state index contributed by atoms with van der Waals surface area (Å²) in [7, 11) is 1.73. The number of benzene rings is 1. The standard InChI is InChI=1S/C15H20ClFN2O/c1-19(14-5-3-2-4-10(14)9-18)15(20)12-7-6-11(16)8-13(12)17/h6-8,10,14H,2-5,9,18H2,1H3. The van der Waals surface area contributed by atoms with Crippen LogP contribution in [0.1, 0.15) is 36.0 Å². The zero-order chi connectivity index (χ0) is 14.7. The van der Waals surface area contributed by atoms with Gasteiger partial charge >= 0.3 is 0 Å². The van der Waals surface area contributed by atoms with E-state index in [4.69, 9.17) is 17.3 Å². The molecule has 1 aromatic carbocycles. The summed E-state index contributed by atoms with van der Waals surface area (Å²) in [6.07, 6.45) is 4.19. The average molecular weight is 299 g/mol. The minimum absolute atomic E-state index is 0.0678. The number of carbonyl (C=O) groups excluding carboxylic acids is 1. The number of nitrogens with zero attached hydrogens (tertiary/aromatic N) is 1. The maximum Gasteiger partial charge on any atom is 0.256 e. The van der Waals surface area contributed by atoms with E-state index in [0.29, 0.717) is 17.5 Å². The summed E-state index contributed by atoms with van der Waals surface area (Å²) in [5.41, 5.74) is 5.86. The van der Waals surface area contributed by atoms with Crippen LogP contribution in [0.25, 0.3) is 0 Å². The second-order valence-electron chi connectivity index (χ2n) is 5.39. The number of hydrogen-bond acceptors (Lipinski definition) is 2. The van der Waals surface area contributed by atoms with Gasteiger partial charge < -0.3 is 10.6 Å². The van der Waals surface area contributed by atoms with Crippen molar-refractivity contribution in [1.82, 2.24) is 4.90 Å². The maximum atomic E-state index is 13.9. The zero-order valence-electron chi connectivity index (χ0n) is 11.6. The Hall–Kier alpha value is -1.13. The first-order valence-corrected chi connectivity index (χ1v) is 7.34. The smallest absolute Gasteiger partial charge is 0.256 e. The molecular formula is C15H20ClFN2O. The van der Waals surface area contributed by atoms with Gasteiger partial charge in [-0.15, -0.1) is 0 Å². The predicted molar refractivity (Wildman–Crippen MR) is 78.3 cm³/mol. The highest BCUT2D eigenvalue weighted by molar-refractivity contribution is 6.30. The second-order valence-corrected chi connectivity index (χ2v) is 5.82. The van der Waals surface area contributed by atoms with Crippen molar-refractivity contribution in [2.45, 2.75) is 31.7 Å². The number of nitrogens with two attached hydrogens (primary N) is 1. The first-order valence-electron chi connectivity index (χ1n) is 6.97. The quantitative estimate of drug-likeness (QED) is 0.932. The molecule has 3 nitrogen and oxygen atoms in total. The lowest BCUT2D eigenvalue weighted by atomic mass is 9.83. The Labute approximate surface area is 123 Å². The van der Waals surface area contributed by atoms with Crippen molar-refractivity contribution < 1.29 is 9.18 Å². The van der Waals surface area contributed by atoms with E-state index in [0.717, 1.165) is 25.7 Å². The first kappa shape index (κ1) is 15.3. The molecular weight excluding hydrogens is 279 g/mol. The average Bonchev–Trinajstić information content (AvgIpc) is 2.45. The van der Waals surface area contributed by atoms with Gasteiger partial charge in [-0.1, -0.05) is 24.4 Å². The van der Waals surface area contributed by atoms with Crippen LogP contribution in [0, 0.1) is 11.7 Å². The fourth-order valence-corrected chi connectivity index (χ4v) is 3.14. The molecule has 2 rings (SSSR count). The molecule has 1 aliphatic rings. The predicted octanol–water partition coefficient (Wildman–Crippen LogP) is 3.07. The van der Waals surface area contributed by atoms with Crippen molar-refractivity contribution in [2.24, 2.45) is 11.7 Å². The van der Waals surface area contributed by atoms with Gasteiger partial charge in [-0.3, -0.25) is 4.79 Å². The number of rotatable bonds is 3. The number of halogens is 2. The molecule has 1 amide bonds. The summed E-state index contributed by atoms with van der Waals surface area (Å²) in [5.74, 6) is -0.577. The minimum atomic E-state index is -0.575. The second kappa shape index (κ2) is 6.55. The van der Waals surface area contributed by atoms with Crippen LogP contribution in [0.5, 0.6) is 0 Å². The molecule has 1 aromatic rings. The fourth-order valence-electron chi connectivity index (χ4n) is 2.98. The van der Waals surface area contributed by atoms with Crippen molar-refractivity contribution in [1.29, 1.82) is 0 Å². The Balaban J connectivity index is 2.18. The summed E-state index contributed by atoms with van der Waals surface area (Å²) in [6, 6.07) is 4.24. The van der Waals surface area contributed by atoms with Crippen LogP contribution in [0.3, 0.4) is 0 Å². The highest BCUT2D eigenvalue weighted by Gasteiger charge is 2.31. The van der Waals surface area contributed by atoms with Gasteiger partial charge in [0, 0.05) is 18.1 Å². The molecule has 0 saturated heterocycles. The van der Waals surface area contributed by atoms with E-state index in [1.165, 1.54) is 18.2 Å². The zero-order valence-corrected chi connectivity index (χ0v) is 12.4. The molecule has 1 aliphatic carbocycles. The maximum absolute atomic E-state index is 13.9. The van der Waals surface area contributed by atoms with E-state index in [2.05, 4.69) is 0 Å². The molecule has 0 bridgehead atoms. The molecule has 2 unspecified atom stereocenters. The molecule has 2 N–H and O–H groups in total. The van der Waals surface area contributed by atoms with Gasteiger partial charge in [0.15, 0.2) is 0 Å². The van der Waals surface area contributed by atoms with Crippen LogP contribution in [0.15, 0.2) is 18.2 Å². The van der Waals surface area contributed by atoms with Gasteiger partial charge in [-0.2, -0.15) is 0 Å². The van der Waals surface area contributed by atoms with E-state index in [1.807, 2.05) is 0 Å². The monoisotopic (exact) mass is 298 g/mol. The SMILES string of the molecule is CN(C(=O)c1ccc(Cl)cc1F)C1CCCCC1CN. The van der Waals surface area contributed by atoms with Crippen molar-refractivity contribution in [2.75, 3.05) is 13.6 Å². The van der Waals surface area contributed by atoms with Gasteiger partial charge in [0.2, 0.25) is 0 Å². The molecule has 110 valence electrons. The molecule has 2 atom stereocenters. The van der Waals surface area contributed by atoms with E-state index < -0.39 is 5.82 Å². The molecule has 20 heavy (non-hydrogen) atoms. The molecule has 0 aliphatic heterocycles. The Morgan fingerprint density at radius 1 is 1.45 bits per heavy atom. The van der Waals surface area contributed by atoms with Crippen LogP contribution in [-0.2, 0) is 0 Å². The van der Waals surface area contributed by atoms with Gasteiger partial charge in [-0.25, -0.2) is 4.39 Å². The Morgan fingerprint density at radius 3 is 2.80 bits per heavy atom. The molecule has 5 heteroatoms. The first-order chi connectivity index (χ1) is 9.54. The molecule has 1 fully saturated rings. The van der Waals surface area contributed by atoms with Crippen LogP contribution in [0.4, 0.5) is 4.39 Å². The lowest BCUT2D eigenvalue weighted by Crippen LogP contribution is -2.46.